The van der Waals surface area contributed by atoms with Gasteiger partial charge in [-0.05, 0) is 17.7 Å². The molecule has 0 atom stereocenters. The minimum absolute atomic E-state index is 0.00276. The summed E-state index contributed by atoms with van der Waals surface area (Å²) in [6.45, 7) is 3.39. The molecule has 0 spiro atoms. The molecule has 114 valence electrons. The van der Waals surface area contributed by atoms with E-state index in [9.17, 15) is 9.59 Å². The number of allylic oxidation sites excluding steroid dienone is 3. The van der Waals surface area contributed by atoms with Gasteiger partial charge < -0.3 is 9.64 Å². The Bertz CT molecular complexity index is 622. The van der Waals surface area contributed by atoms with Gasteiger partial charge >= 0.3 is 0 Å². The number of benzene rings is 1. The molecule has 1 fully saturated rings. The predicted molar refractivity (Wildman–Crippen MR) is 85.8 cm³/mol. The molecule has 0 amide bonds. The number of ether oxygens (including phenoxy) is 1. The van der Waals surface area contributed by atoms with Crippen molar-refractivity contribution in [2.45, 2.75) is 12.8 Å². The lowest BCUT2D eigenvalue weighted by Gasteiger charge is -2.28. The highest BCUT2D eigenvalue weighted by atomic mass is 16.5. The van der Waals surface area contributed by atoms with Crippen LogP contribution in [0.25, 0.3) is 6.08 Å². The Hall–Kier alpha value is -2.20. The van der Waals surface area contributed by atoms with E-state index in [1.807, 2.05) is 18.2 Å². The fraction of sp³-hybridized carbons (Fsp3) is 0.333. The smallest absolute Gasteiger partial charge is 0.169 e. The fourth-order valence-corrected chi connectivity index (χ4v) is 2.66. The summed E-state index contributed by atoms with van der Waals surface area (Å²) in [5.74, 6) is -0.0885. The Kier molecular flexibility index (Phi) is 4.49. The number of hydrogen-bond acceptors (Lipinski definition) is 4. The van der Waals surface area contributed by atoms with Crippen molar-refractivity contribution < 1.29 is 14.3 Å². The first-order valence-corrected chi connectivity index (χ1v) is 7.58. The van der Waals surface area contributed by atoms with Gasteiger partial charge in [-0.15, -0.1) is 0 Å². The third-order valence-electron chi connectivity index (χ3n) is 3.95. The second kappa shape index (κ2) is 6.71. The average molecular weight is 297 g/mol. The largest absolute Gasteiger partial charge is 0.378 e. The number of carbonyl (C=O) groups excluding carboxylic acids is 2. The summed E-state index contributed by atoms with van der Waals surface area (Å²) in [5.41, 5.74) is 2.87. The molecule has 2 aliphatic rings. The zero-order chi connectivity index (χ0) is 15.4. The molecule has 22 heavy (non-hydrogen) atoms. The molecule has 0 saturated carbocycles. The second-order valence-corrected chi connectivity index (χ2v) is 5.53. The van der Waals surface area contributed by atoms with E-state index in [0.717, 1.165) is 31.9 Å². The number of rotatable bonds is 3. The molecule has 0 radical (unpaired) electrons. The lowest BCUT2D eigenvalue weighted by Crippen LogP contribution is -2.36. The van der Waals surface area contributed by atoms with E-state index < -0.39 is 0 Å². The van der Waals surface area contributed by atoms with Crippen LogP contribution in [-0.2, 0) is 14.3 Å². The van der Waals surface area contributed by atoms with Crippen molar-refractivity contribution in [1.29, 1.82) is 0 Å². The Labute approximate surface area is 130 Å². The highest BCUT2D eigenvalue weighted by molar-refractivity contribution is 6.12. The predicted octanol–water partition coefficient (Wildman–Crippen LogP) is 2.39. The number of morpholine rings is 1. The molecule has 0 N–H and O–H groups in total. The van der Waals surface area contributed by atoms with Gasteiger partial charge in [0.15, 0.2) is 5.78 Å². The Morgan fingerprint density at radius 2 is 1.73 bits per heavy atom. The highest BCUT2D eigenvalue weighted by Crippen LogP contribution is 2.19. The van der Waals surface area contributed by atoms with E-state index >= 15 is 0 Å². The first-order valence-electron chi connectivity index (χ1n) is 7.58. The first-order chi connectivity index (χ1) is 10.7. The molecule has 1 aromatic carbocycles. The molecular weight excluding hydrogens is 278 g/mol. The number of nitrogens with zero attached hydrogens (tertiary/aromatic N) is 1. The van der Waals surface area contributed by atoms with Crippen molar-refractivity contribution in [2.75, 3.05) is 31.2 Å². The molecule has 0 aromatic heterocycles. The van der Waals surface area contributed by atoms with Crippen LogP contribution < -0.4 is 4.90 Å². The van der Waals surface area contributed by atoms with Crippen LogP contribution in [0.15, 0.2) is 42.0 Å². The maximum atomic E-state index is 11.7. The SMILES string of the molecule is O=C1CC=C(C=Cc2ccc(N3CCOCC3)cc2)C(=O)C1. The molecule has 3 rings (SSSR count). The standard InChI is InChI=1S/C18H19NO3/c20-17-8-5-15(18(21)13-17)4-1-14-2-6-16(7-3-14)19-9-11-22-12-10-19/h1-7H,8-13H2. The van der Waals surface area contributed by atoms with Crippen LogP contribution in [0.5, 0.6) is 0 Å². The summed E-state index contributed by atoms with van der Waals surface area (Å²) >= 11 is 0. The quantitative estimate of drug-likeness (QED) is 0.804. The summed E-state index contributed by atoms with van der Waals surface area (Å²) in [7, 11) is 0. The Balaban J connectivity index is 1.67. The molecule has 1 heterocycles. The number of hydrogen-bond donors (Lipinski definition) is 0. The van der Waals surface area contributed by atoms with Gasteiger partial charge in [0.1, 0.15) is 5.78 Å². The van der Waals surface area contributed by atoms with Crippen LogP contribution in [0.1, 0.15) is 18.4 Å². The fourth-order valence-electron chi connectivity index (χ4n) is 2.66. The van der Waals surface area contributed by atoms with Crippen molar-refractivity contribution in [3.63, 3.8) is 0 Å². The molecule has 0 bridgehead atoms. The minimum Gasteiger partial charge on any atom is -0.378 e. The van der Waals surface area contributed by atoms with Crippen LogP contribution >= 0.6 is 0 Å². The maximum Gasteiger partial charge on any atom is 0.169 e. The number of Topliss-reactive ketones (excluding diaryl/α,β-unsaturated/α-hetero) is 2. The Morgan fingerprint density at radius 1 is 1.00 bits per heavy atom. The molecule has 4 heteroatoms. The molecule has 4 nitrogen and oxygen atoms in total. The monoisotopic (exact) mass is 297 g/mol. The van der Waals surface area contributed by atoms with E-state index in [4.69, 9.17) is 4.74 Å². The van der Waals surface area contributed by atoms with E-state index in [1.54, 1.807) is 12.2 Å². The molecule has 1 aliphatic carbocycles. The molecule has 1 aliphatic heterocycles. The van der Waals surface area contributed by atoms with Crippen LogP contribution in [-0.4, -0.2) is 37.9 Å². The summed E-state index contributed by atoms with van der Waals surface area (Å²) in [5, 5.41) is 0. The molecular formula is C18H19NO3. The van der Waals surface area contributed by atoms with E-state index in [0.29, 0.717) is 12.0 Å². The third-order valence-corrected chi connectivity index (χ3v) is 3.95. The molecule has 1 aromatic rings. The number of ketones is 2. The summed E-state index contributed by atoms with van der Waals surface area (Å²) in [6.07, 6.45) is 5.83. The van der Waals surface area contributed by atoms with Gasteiger partial charge in [-0.3, -0.25) is 9.59 Å². The van der Waals surface area contributed by atoms with E-state index in [2.05, 4.69) is 17.0 Å². The normalized spacial score (nSPS) is 19.6. The van der Waals surface area contributed by atoms with Crippen molar-refractivity contribution in [2.24, 2.45) is 0 Å². The zero-order valence-electron chi connectivity index (χ0n) is 12.5. The third kappa shape index (κ3) is 3.52. The van der Waals surface area contributed by atoms with E-state index in [1.165, 1.54) is 5.69 Å². The van der Waals surface area contributed by atoms with Crippen molar-refractivity contribution in [3.8, 4) is 0 Å². The van der Waals surface area contributed by atoms with Crippen molar-refractivity contribution in [3.05, 3.63) is 47.6 Å². The zero-order valence-corrected chi connectivity index (χ0v) is 12.5. The average Bonchev–Trinajstić information content (AvgIpc) is 2.55. The van der Waals surface area contributed by atoms with E-state index in [-0.39, 0.29) is 18.0 Å². The lowest BCUT2D eigenvalue weighted by atomic mass is 9.96. The van der Waals surface area contributed by atoms with Gasteiger partial charge in [0.2, 0.25) is 0 Å². The summed E-state index contributed by atoms with van der Waals surface area (Å²) < 4.78 is 5.35. The topological polar surface area (TPSA) is 46.6 Å². The second-order valence-electron chi connectivity index (χ2n) is 5.53. The van der Waals surface area contributed by atoms with Gasteiger partial charge in [0.05, 0.1) is 19.6 Å². The van der Waals surface area contributed by atoms with Gasteiger partial charge in [0.25, 0.3) is 0 Å². The van der Waals surface area contributed by atoms with Gasteiger partial charge in [-0.2, -0.15) is 0 Å². The van der Waals surface area contributed by atoms with Crippen LogP contribution in [0, 0.1) is 0 Å². The molecule has 0 unspecified atom stereocenters. The van der Waals surface area contributed by atoms with Crippen LogP contribution in [0.4, 0.5) is 5.69 Å². The van der Waals surface area contributed by atoms with Gasteiger partial charge in [-0.25, -0.2) is 0 Å². The van der Waals surface area contributed by atoms with Crippen molar-refractivity contribution in [1.82, 2.24) is 0 Å². The summed E-state index contributed by atoms with van der Waals surface area (Å²) in [4.78, 5) is 25.2. The lowest BCUT2D eigenvalue weighted by molar-refractivity contribution is -0.125. The number of anilines is 1. The molecule has 1 saturated heterocycles. The maximum absolute atomic E-state index is 11.7. The van der Waals surface area contributed by atoms with Crippen LogP contribution in [0.2, 0.25) is 0 Å². The number of carbonyl (C=O) groups is 2. The van der Waals surface area contributed by atoms with Gasteiger partial charge in [0, 0.05) is 30.8 Å². The summed E-state index contributed by atoms with van der Waals surface area (Å²) in [6, 6.07) is 8.26. The van der Waals surface area contributed by atoms with Crippen molar-refractivity contribution >= 4 is 23.3 Å². The van der Waals surface area contributed by atoms with Crippen LogP contribution in [0.3, 0.4) is 0 Å². The minimum atomic E-state index is -0.0857. The van der Waals surface area contributed by atoms with Gasteiger partial charge in [-0.1, -0.05) is 30.4 Å². The Morgan fingerprint density at radius 3 is 2.41 bits per heavy atom. The first kappa shape index (κ1) is 14.7. The highest BCUT2D eigenvalue weighted by Gasteiger charge is 2.17.